The van der Waals surface area contributed by atoms with Crippen molar-refractivity contribution >= 4 is 39.7 Å². The molecule has 3 heteroatoms. The Kier molecular flexibility index (Phi) is 3.43. The summed E-state index contributed by atoms with van der Waals surface area (Å²) in [5.74, 6) is 0.785. The Morgan fingerprint density at radius 2 is 1.70 bits per heavy atom. The van der Waals surface area contributed by atoms with Crippen molar-refractivity contribution in [3.8, 4) is 0 Å². The molecule has 0 aromatic heterocycles. The fourth-order valence-electron chi connectivity index (χ4n) is 5.48. The highest BCUT2D eigenvalue weighted by atomic mass is 35.5. The van der Waals surface area contributed by atoms with Crippen molar-refractivity contribution < 1.29 is 0 Å². The average Bonchev–Trinajstić information content (AvgIpc) is 3.33. The van der Waals surface area contributed by atoms with Crippen molar-refractivity contribution in [2.45, 2.75) is 31.2 Å². The first-order chi connectivity index (χ1) is 13.2. The molecule has 27 heavy (non-hydrogen) atoms. The van der Waals surface area contributed by atoms with E-state index in [2.05, 4.69) is 47.8 Å². The number of allylic oxidation sites excluding steroid dienone is 2. The summed E-state index contributed by atoms with van der Waals surface area (Å²) in [5.41, 5.74) is 6.53. The maximum atomic E-state index is 6.59. The van der Waals surface area contributed by atoms with E-state index in [1.54, 1.807) is 0 Å². The summed E-state index contributed by atoms with van der Waals surface area (Å²) in [5, 5.41) is 8.22. The highest BCUT2D eigenvalue weighted by Gasteiger charge is 2.40. The molecule has 1 aliphatic heterocycles. The van der Waals surface area contributed by atoms with Gasteiger partial charge in [0.05, 0.1) is 16.8 Å². The van der Waals surface area contributed by atoms with E-state index in [9.17, 15) is 0 Å². The highest BCUT2D eigenvalue weighted by Crippen LogP contribution is 2.54. The predicted octanol–water partition coefficient (Wildman–Crippen LogP) is 7.07. The third-order valence-corrected chi connectivity index (χ3v) is 7.31. The van der Waals surface area contributed by atoms with Crippen LogP contribution in [0.5, 0.6) is 0 Å². The van der Waals surface area contributed by atoms with Gasteiger partial charge in [0.15, 0.2) is 0 Å². The monoisotopic (exact) mass is 391 g/mol. The normalized spacial score (nSPS) is 24.7. The number of nitrogens with one attached hydrogen (secondary N) is 1. The van der Waals surface area contributed by atoms with Gasteiger partial charge in [0.25, 0.3) is 0 Å². The largest absolute Gasteiger partial charge is 0.376 e. The summed E-state index contributed by atoms with van der Waals surface area (Å²) in [4.78, 5) is 0. The molecule has 0 spiro atoms. The maximum Gasteiger partial charge on any atom is 0.0641 e. The Bertz CT molecular complexity index is 1120. The standard InChI is InChI=1S/C24H19Cl2N/c25-19-11-12-20(26)24-22(19)16-5-2-6-17(16)23(27-24)18-10-9-14-8-7-13-3-1-4-15(18)21(13)14/h1-5,9-12,16-17,23,27H,6-8H2/t16-,17+,23-/m1/s1. The summed E-state index contributed by atoms with van der Waals surface area (Å²) in [6.07, 6.45) is 8.00. The second-order valence-electron chi connectivity index (χ2n) is 7.95. The zero-order valence-corrected chi connectivity index (χ0v) is 16.3. The van der Waals surface area contributed by atoms with Gasteiger partial charge < -0.3 is 5.32 Å². The van der Waals surface area contributed by atoms with Gasteiger partial charge in [-0.2, -0.15) is 0 Å². The molecule has 2 aliphatic carbocycles. The third kappa shape index (κ3) is 2.19. The number of anilines is 1. The van der Waals surface area contributed by atoms with Crippen molar-refractivity contribution in [2.75, 3.05) is 5.32 Å². The van der Waals surface area contributed by atoms with E-state index in [-0.39, 0.29) is 6.04 Å². The Hall–Kier alpha value is -1.96. The number of benzene rings is 3. The Morgan fingerprint density at radius 3 is 2.59 bits per heavy atom. The number of aryl methyl sites for hydroxylation is 2. The van der Waals surface area contributed by atoms with E-state index in [1.165, 1.54) is 27.5 Å². The minimum Gasteiger partial charge on any atom is -0.376 e. The van der Waals surface area contributed by atoms with Crippen LogP contribution in [0.25, 0.3) is 10.8 Å². The molecule has 1 heterocycles. The van der Waals surface area contributed by atoms with Crippen LogP contribution in [0.2, 0.25) is 10.0 Å². The Balaban J connectivity index is 1.58. The van der Waals surface area contributed by atoms with Crippen molar-refractivity contribution in [3.05, 3.63) is 86.9 Å². The van der Waals surface area contributed by atoms with Crippen LogP contribution in [-0.2, 0) is 12.8 Å². The third-order valence-electron chi connectivity index (χ3n) is 6.66. The van der Waals surface area contributed by atoms with E-state index in [1.807, 2.05) is 12.1 Å². The van der Waals surface area contributed by atoms with Gasteiger partial charge in [0.2, 0.25) is 0 Å². The zero-order chi connectivity index (χ0) is 18.1. The molecule has 0 saturated heterocycles. The minimum absolute atomic E-state index is 0.235. The average molecular weight is 392 g/mol. The van der Waals surface area contributed by atoms with Crippen molar-refractivity contribution in [1.82, 2.24) is 0 Å². The molecule has 0 bridgehead atoms. The number of hydrogen-bond donors (Lipinski definition) is 1. The molecule has 0 amide bonds. The first-order valence-corrected chi connectivity index (χ1v) is 10.4. The molecule has 3 aliphatic rings. The fraction of sp³-hybridized carbons (Fsp3) is 0.250. The van der Waals surface area contributed by atoms with Gasteiger partial charge in [-0.15, -0.1) is 0 Å². The Labute approximate surface area is 169 Å². The van der Waals surface area contributed by atoms with Crippen LogP contribution in [0, 0.1) is 5.92 Å². The molecule has 1 nitrogen and oxygen atoms in total. The van der Waals surface area contributed by atoms with Crippen LogP contribution in [0.4, 0.5) is 5.69 Å². The molecule has 3 aromatic carbocycles. The molecule has 0 radical (unpaired) electrons. The van der Waals surface area contributed by atoms with Crippen LogP contribution in [0.3, 0.4) is 0 Å². The van der Waals surface area contributed by atoms with Crippen LogP contribution in [0.1, 0.15) is 40.6 Å². The second-order valence-corrected chi connectivity index (χ2v) is 8.76. The highest BCUT2D eigenvalue weighted by molar-refractivity contribution is 6.36. The molecular formula is C24H19Cl2N. The van der Waals surface area contributed by atoms with E-state index < -0.39 is 0 Å². The topological polar surface area (TPSA) is 12.0 Å². The van der Waals surface area contributed by atoms with E-state index >= 15 is 0 Å². The van der Waals surface area contributed by atoms with Gasteiger partial charge in [-0.25, -0.2) is 0 Å². The molecule has 0 fully saturated rings. The van der Waals surface area contributed by atoms with E-state index in [0.717, 1.165) is 40.6 Å². The predicted molar refractivity (Wildman–Crippen MR) is 114 cm³/mol. The lowest BCUT2D eigenvalue weighted by Gasteiger charge is -2.39. The summed E-state index contributed by atoms with van der Waals surface area (Å²) in [7, 11) is 0. The summed E-state index contributed by atoms with van der Waals surface area (Å²) in [6, 6.07) is 15.5. The lowest BCUT2D eigenvalue weighted by Crippen LogP contribution is -2.29. The minimum atomic E-state index is 0.235. The summed E-state index contributed by atoms with van der Waals surface area (Å²) >= 11 is 13.2. The smallest absolute Gasteiger partial charge is 0.0641 e. The van der Waals surface area contributed by atoms with Gasteiger partial charge in [-0.05, 0) is 64.8 Å². The number of halogens is 2. The molecule has 3 atom stereocenters. The lowest BCUT2D eigenvalue weighted by molar-refractivity contribution is 0.427. The SMILES string of the molecule is Clc1ccc(Cl)c2c1N[C@@H](c1ccc3c4c(cccc14)CC3)[C@H]1CC=C[C@@H]21. The molecule has 134 valence electrons. The van der Waals surface area contributed by atoms with Gasteiger partial charge in [0, 0.05) is 16.5 Å². The van der Waals surface area contributed by atoms with Gasteiger partial charge in [-0.3, -0.25) is 0 Å². The first-order valence-electron chi connectivity index (χ1n) is 9.67. The number of hydrogen-bond acceptors (Lipinski definition) is 1. The van der Waals surface area contributed by atoms with E-state index in [4.69, 9.17) is 23.2 Å². The van der Waals surface area contributed by atoms with Crippen LogP contribution in [0.15, 0.2) is 54.6 Å². The van der Waals surface area contributed by atoms with Gasteiger partial charge in [-0.1, -0.05) is 65.7 Å². The molecule has 0 unspecified atom stereocenters. The first kappa shape index (κ1) is 16.0. The van der Waals surface area contributed by atoms with Crippen LogP contribution < -0.4 is 5.32 Å². The van der Waals surface area contributed by atoms with Crippen LogP contribution >= 0.6 is 23.2 Å². The van der Waals surface area contributed by atoms with E-state index in [0.29, 0.717) is 11.8 Å². The lowest BCUT2D eigenvalue weighted by atomic mass is 9.76. The summed E-state index contributed by atoms with van der Waals surface area (Å²) in [6.45, 7) is 0. The van der Waals surface area contributed by atoms with Crippen molar-refractivity contribution in [2.24, 2.45) is 5.92 Å². The second kappa shape index (κ2) is 5.77. The van der Waals surface area contributed by atoms with Crippen molar-refractivity contribution in [1.29, 1.82) is 0 Å². The zero-order valence-electron chi connectivity index (χ0n) is 14.8. The fourth-order valence-corrected chi connectivity index (χ4v) is 5.98. The molecule has 0 saturated carbocycles. The molecular weight excluding hydrogens is 373 g/mol. The van der Waals surface area contributed by atoms with Gasteiger partial charge >= 0.3 is 0 Å². The number of fused-ring (bicyclic) bond motifs is 3. The molecule has 1 N–H and O–H groups in total. The number of rotatable bonds is 1. The quantitative estimate of drug-likeness (QED) is 0.437. The van der Waals surface area contributed by atoms with Gasteiger partial charge in [0.1, 0.15) is 0 Å². The van der Waals surface area contributed by atoms with Crippen molar-refractivity contribution in [3.63, 3.8) is 0 Å². The Morgan fingerprint density at radius 1 is 0.889 bits per heavy atom. The van der Waals surface area contributed by atoms with Crippen LogP contribution in [-0.4, -0.2) is 0 Å². The molecule has 3 aromatic rings. The summed E-state index contributed by atoms with van der Waals surface area (Å²) < 4.78 is 0. The maximum absolute atomic E-state index is 6.59. The molecule has 6 rings (SSSR count).